The van der Waals surface area contributed by atoms with Crippen LogP contribution in [-0.4, -0.2) is 59.4 Å². The molecule has 1 fully saturated rings. The van der Waals surface area contributed by atoms with Crippen molar-refractivity contribution in [3.05, 3.63) is 50.9 Å². The molecule has 1 aliphatic heterocycles. The molecule has 1 aliphatic rings. The van der Waals surface area contributed by atoms with Crippen LogP contribution in [0.1, 0.15) is 29.3 Å². The number of thiazole rings is 1. The summed E-state index contributed by atoms with van der Waals surface area (Å²) in [5, 5.41) is 5.07. The van der Waals surface area contributed by atoms with E-state index in [1.807, 2.05) is 35.4 Å². The van der Waals surface area contributed by atoms with E-state index in [9.17, 15) is 4.79 Å². The lowest BCUT2D eigenvalue weighted by Crippen LogP contribution is -2.54. The monoisotopic (exact) mass is 561 g/mol. The summed E-state index contributed by atoms with van der Waals surface area (Å²) in [5.74, 6) is 1.03. The quantitative estimate of drug-likeness (QED) is 0.331. The van der Waals surface area contributed by atoms with Crippen LogP contribution in [0.2, 0.25) is 5.02 Å². The average molecular weight is 562 g/mol. The van der Waals surface area contributed by atoms with E-state index in [4.69, 9.17) is 16.6 Å². The summed E-state index contributed by atoms with van der Waals surface area (Å²) in [4.78, 5) is 27.3. The predicted octanol–water partition coefficient (Wildman–Crippen LogP) is 3.83. The molecule has 9 heteroatoms. The van der Waals surface area contributed by atoms with Gasteiger partial charge in [-0.2, -0.15) is 0 Å². The van der Waals surface area contributed by atoms with E-state index in [-0.39, 0.29) is 29.9 Å². The molecule has 3 rings (SSSR count). The molecule has 1 N–H and O–H groups in total. The first-order chi connectivity index (χ1) is 14.1. The number of hydrogen-bond acceptors (Lipinski definition) is 4. The fourth-order valence-corrected chi connectivity index (χ4v) is 4.25. The van der Waals surface area contributed by atoms with Crippen LogP contribution in [0.4, 0.5) is 0 Å². The Balaban J connectivity index is 0.00000320. The summed E-state index contributed by atoms with van der Waals surface area (Å²) in [6, 6.07) is 7.51. The summed E-state index contributed by atoms with van der Waals surface area (Å²) in [6.07, 6.45) is 3.33. The average Bonchev–Trinajstić information content (AvgIpc) is 3.19. The Hall–Kier alpha value is -1.39. The first kappa shape index (κ1) is 24.9. The minimum Gasteiger partial charge on any atom is -0.357 e. The minimum absolute atomic E-state index is 0. The number of nitrogens with one attached hydrogen (secondary N) is 1. The first-order valence-electron chi connectivity index (χ1n) is 10.1. The molecule has 0 spiro atoms. The van der Waals surface area contributed by atoms with E-state index in [0.717, 1.165) is 42.6 Å². The minimum atomic E-state index is 0. The third kappa shape index (κ3) is 7.09. The second-order valence-corrected chi connectivity index (χ2v) is 8.55. The topological polar surface area (TPSA) is 60.8 Å². The van der Waals surface area contributed by atoms with Gasteiger partial charge in [-0.05, 0) is 31.0 Å². The lowest BCUT2D eigenvalue weighted by atomic mass is 10.1. The van der Waals surface area contributed by atoms with Crippen molar-refractivity contribution >= 4 is 58.8 Å². The van der Waals surface area contributed by atoms with E-state index in [2.05, 4.69) is 29.0 Å². The Labute approximate surface area is 204 Å². The van der Waals surface area contributed by atoms with Crippen molar-refractivity contribution < 1.29 is 4.79 Å². The number of piperazine rings is 1. The summed E-state index contributed by atoms with van der Waals surface area (Å²) in [7, 11) is 0. The van der Waals surface area contributed by atoms with Gasteiger partial charge in [-0.25, -0.2) is 9.98 Å². The number of carbonyl (C=O) groups is 1. The Morgan fingerprint density at radius 3 is 2.60 bits per heavy atom. The third-order valence-corrected chi connectivity index (χ3v) is 6.19. The van der Waals surface area contributed by atoms with E-state index in [0.29, 0.717) is 31.1 Å². The maximum Gasteiger partial charge on any atom is 0.227 e. The molecule has 30 heavy (non-hydrogen) atoms. The SMILES string of the molecule is CCNC(=NCc1ncc(CC)s1)N1CCN(C(=O)Cc2cccc(Cl)c2)CC1.I. The second kappa shape index (κ2) is 12.5. The van der Waals surface area contributed by atoms with Gasteiger partial charge in [-0.1, -0.05) is 30.7 Å². The lowest BCUT2D eigenvalue weighted by Gasteiger charge is -2.36. The number of rotatable bonds is 6. The Morgan fingerprint density at radius 2 is 1.97 bits per heavy atom. The largest absolute Gasteiger partial charge is 0.357 e. The molecular weight excluding hydrogens is 533 g/mol. The number of aromatic nitrogens is 1. The van der Waals surface area contributed by atoms with Gasteiger partial charge in [0.15, 0.2) is 5.96 Å². The second-order valence-electron chi connectivity index (χ2n) is 6.92. The number of hydrogen-bond donors (Lipinski definition) is 1. The van der Waals surface area contributed by atoms with Crippen LogP contribution in [0.3, 0.4) is 0 Å². The van der Waals surface area contributed by atoms with Crippen LogP contribution in [-0.2, 0) is 24.2 Å². The number of benzene rings is 1. The van der Waals surface area contributed by atoms with Gasteiger partial charge < -0.3 is 15.1 Å². The zero-order valence-corrected chi connectivity index (χ0v) is 21.3. The van der Waals surface area contributed by atoms with Crippen molar-refractivity contribution in [3.63, 3.8) is 0 Å². The van der Waals surface area contributed by atoms with E-state index < -0.39 is 0 Å². The van der Waals surface area contributed by atoms with Crippen molar-refractivity contribution in [1.29, 1.82) is 0 Å². The van der Waals surface area contributed by atoms with E-state index in [1.165, 1.54) is 4.88 Å². The highest BCUT2D eigenvalue weighted by Crippen LogP contribution is 2.15. The van der Waals surface area contributed by atoms with Crippen LogP contribution in [0.5, 0.6) is 0 Å². The van der Waals surface area contributed by atoms with Gasteiger partial charge in [0, 0.05) is 48.8 Å². The molecule has 0 radical (unpaired) electrons. The molecule has 0 saturated carbocycles. The number of nitrogens with zero attached hydrogens (tertiary/aromatic N) is 4. The molecule has 0 aliphatic carbocycles. The van der Waals surface area contributed by atoms with Crippen molar-refractivity contribution in [2.45, 2.75) is 33.2 Å². The highest BCUT2D eigenvalue weighted by atomic mass is 127. The number of aryl methyl sites for hydroxylation is 1. The molecule has 2 aromatic rings. The molecule has 1 saturated heterocycles. The molecule has 1 amide bonds. The zero-order chi connectivity index (χ0) is 20.6. The highest BCUT2D eigenvalue weighted by Gasteiger charge is 2.23. The van der Waals surface area contributed by atoms with Crippen LogP contribution in [0, 0.1) is 0 Å². The third-order valence-electron chi connectivity index (χ3n) is 4.83. The molecule has 0 atom stereocenters. The maximum atomic E-state index is 12.6. The molecule has 0 bridgehead atoms. The van der Waals surface area contributed by atoms with Crippen molar-refractivity contribution in [2.24, 2.45) is 4.99 Å². The van der Waals surface area contributed by atoms with E-state index in [1.54, 1.807) is 11.3 Å². The Morgan fingerprint density at radius 1 is 1.23 bits per heavy atom. The van der Waals surface area contributed by atoms with Gasteiger partial charge in [-0.3, -0.25) is 4.79 Å². The predicted molar refractivity (Wildman–Crippen MR) is 135 cm³/mol. The molecule has 1 aromatic heterocycles. The number of aliphatic imine (C=N–C) groups is 1. The lowest BCUT2D eigenvalue weighted by molar-refractivity contribution is -0.131. The summed E-state index contributed by atoms with van der Waals surface area (Å²) in [5.41, 5.74) is 0.953. The molecule has 1 aromatic carbocycles. The van der Waals surface area contributed by atoms with Crippen molar-refractivity contribution in [2.75, 3.05) is 32.7 Å². The first-order valence-corrected chi connectivity index (χ1v) is 11.3. The fraction of sp³-hybridized carbons (Fsp3) is 0.476. The van der Waals surface area contributed by atoms with Gasteiger partial charge in [0.1, 0.15) is 5.01 Å². The maximum absolute atomic E-state index is 12.6. The number of halogens is 2. The molecular formula is C21H29ClIN5OS. The Kier molecular flexibility index (Phi) is 10.3. The molecule has 6 nitrogen and oxygen atoms in total. The van der Waals surface area contributed by atoms with Gasteiger partial charge in [0.25, 0.3) is 0 Å². The summed E-state index contributed by atoms with van der Waals surface area (Å²) < 4.78 is 0. The van der Waals surface area contributed by atoms with Crippen molar-refractivity contribution in [1.82, 2.24) is 20.1 Å². The summed E-state index contributed by atoms with van der Waals surface area (Å²) >= 11 is 7.74. The standard InChI is InChI=1S/C21H28ClN5OS.HI/c1-3-18-14-24-19(29-18)15-25-21(23-4-2)27-10-8-26(9-11-27)20(28)13-16-6-5-7-17(22)12-16;/h5-7,12,14H,3-4,8-11,13,15H2,1-2H3,(H,23,25);1H. The van der Waals surface area contributed by atoms with Crippen LogP contribution in [0.15, 0.2) is 35.5 Å². The molecule has 2 heterocycles. The van der Waals surface area contributed by atoms with E-state index >= 15 is 0 Å². The number of guanidine groups is 1. The number of carbonyl (C=O) groups excluding carboxylic acids is 1. The number of amides is 1. The van der Waals surface area contributed by atoms with Gasteiger partial charge in [0.2, 0.25) is 5.91 Å². The van der Waals surface area contributed by atoms with Crippen LogP contribution < -0.4 is 5.32 Å². The van der Waals surface area contributed by atoms with Crippen molar-refractivity contribution in [3.8, 4) is 0 Å². The van der Waals surface area contributed by atoms with Gasteiger partial charge >= 0.3 is 0 Å². The smallest absolute Gasteiger partial charge is 0.227 e. The van der Waals surface area contributed by atoms with Gasteiger partial charge in [0.05, 0.1) is 13.0 Å². The highest BCUT2D eigenvalue weighted by molar-refractivity contribution is 14.0. The zero-order valence-electron chi connectivity index (χ0n) is 17.4. The summed E-state index contributed by atoms with van der Waals surface area (Å²) in [6.45, 7) is 8.53. The Bertz CT molecular complexity index is 851. The fourth-order valence-electron chi connectivity index (χ4n) is 3.25. The van der Waals surface area contributed by atoms with Crippen LogP contribution in [0.25, 0.3) is 0 Å². The normalized spacial score (nSPS) is 14.4. The molecule has 164 valence electrons. The van der Waals surface area contributed by atoms with Crippen LogP contribution >= 0.6 is 46.9 Å². The van der Waals surface area contributed by atoms with Gasteiger partial charge in [-0.15, -0.1) is 35.3 Å². The molecule has 0 unspecified atom stereocenters.